The van der Waals surface area contributed by atoms with Gasteiger partial charge in [0, 0.05) is 36.3 Å². The maximum absolute atomic E-state index is 13.0. The van der Waals surface area contributed by atoms with Gasteiger partial charge in [0.25, 0.3) is 0 Å². The van der Waals surface area contributed by atoms with Gasteiger partial charge in [-0.3, -0.25) is 4.90 Å². The first-order chi connectivity index (χ1) is 15.5. The van der Waals surface area contributed by atoms with Gasteiger partial charge >= 0.3 is 6.03 Å². The van der Waals surface area contributed by atoms with E-state index >= 15 is 0 Å². The van der Waals surface area contributed by atoms with Crippen LogP contribution in [0.4, 0.5) is 10.5 Å². The Labute approximate surface area is 200 Å². The number of ether oxygens (including phenoxy) is 1. The van der Waals surface area contributed by atoms with Gasteiger partial charge in [0.1, 0.15) is 5.75 Å². The third kappa shape index (κ3) is 5.46. The van der Waals surface area contributed by atoms with Crippen molar-refractivity contribution in [3.8, 4) is 5.75 Å². The van der Waals surface area contributed by atoms with Crippen molar-refractivity contribution in [3.05, 3.63) is 58.6 Å². The van der Waals surface area contributed by atoms with Crippen molar-refractivity contribution in [2.24, 2.45) is 5.92 Å². The lowest BCUT2D eigenvalue weighted by molar-refractivity contribution is 0.122. The predicted molar refractivity (Wildman–Crippen MR) is 134 cm³/mol. The quantitative estimate of drug-likeness (QED) is 0.509. The Hall–Kier alpha value is -2.05. The molecule has 2 aromatic rings. The van der Waals surface area contributed by atoms with Crippen LogP contribution >= 0.6 is 15.9 Å². The van der Waals surface area contributed by atoms with Crippen LogP contribution in [-0.2, 0) is 6.42 Å². The molecule has 0 aliphatic carbocycles. The molecule has 4 rings (SSSR count). The minimum Gasteiger partial charge on any atom is -0.494 e. The fourth-order valence-corrected chi connectivity index (χ4v) is 5.33. The number of urea groups is 1. The molecule has 0 saturated carbocycles. The van der Waals surface area contributed by atoms with Crippen molar-refractivity contribution < 1.29 is 9.53 Å². The maximum atomic E-state index is 13.0. The third-order valence-electron chi connectivity index (χ3n) is 6.85. The second-order valence-corrected chi connectivity index (χ2v) is 9.81. The number of piperidine rings is 1. The molecule has 0 N–H and O–H groups in total. The summed E-state index contributed by atoms with van der Waals surface area (Å²) >= 11 is 3.71. The Balaban J connectivity index is 1.27. The molecular formula is C26H34BrN3O2. The molecule has 2 amide bonds. The topological polar surface area (TPSA) is 36.0 Å². The van der Waals surface area contributed by atoms with Gasteiger partial charge in [-0.25, -0.2) is 4.79 Å². The van der Waals surface area contributed by atoms with Crippen LogP contribution in [0.2, 0.25) is 0 Å². The molecule has 0 aromatic heterocycles. The van der Waals surface area contributed by atoms with Crippen LogP contribution in [0.5, 0.6) is 5.75 Å². The van der Waals surface area contributed by atoms with Crippen molar-refractivity contribution in [1.29, 1.82) is 0 Å². The molecule has 5 nitrogen and oxygen atoms in total. The Morgan fingerprint density at radius 2 is 1.78 bits per heavy atom. The summed E-state index contributed by atoms with van der Waals surface area (Å²) in [6.45, 7) is 6.69. The van der Waals surface area contributed by atoms with Crippen LogP contribution in [0.25, 0.3) is 0 Å². The Morgan fingerprint density at radius 1 is 1.03 bits per heavy atom. The minimum atomic E-state index is 0.112. The van der Waals surface area contributed by atoms with E-state index in [0.29, 0.717) is 12.5 Å². The summed E-state index contributed by atoms with van der Waals surface area (Å²) in [5.74, 6) is 1.65. The van der Waals surface area contributed by atoms with Crippen molar-refractivity contribution in [2.75, 3.05) is 44.7 Å². The number of anilines is 1. The van der Waals surface area contributed by atoms with Gasteiger partial charge in [0.15, 0.2) is 0 Å². The first-order valence-electron chi connectivity index (χ1n) is 11.8. The minimum absolute atomic E-state index is 0.112. The largest absolute Gasteiger partial charge is 0.494 e. The van der Waals surface area contributed by atoms with Crippen LogP contribution in [0, 0.1) is 5.92 Å². The Kier molecular flexibility index (Phi) is 7.74. The van der Waals surface area contributed by atoms with Gasteiger partial charge in [-0.15, -0.1) is 0 Å². The zero-order chi connectivity index (χ0) is 22.5. The molecule has 2 saturated heterocycles. The van der Waals surface area contributed by atoms with E-state index in [0.717, 1.165) is 50.5 Å². The fraction of sp³-hybridized carbons (Fsp3) is 0.500. The van der Waals surface area contributed by atoms with E-state index in [4.69, 9.17) is 4.74 Å². The monoisotopic (exact) mass is 499 g/mol. The highest BCUT2D eigenvalue weighted by Gasteiger charge is 2.33. The highest BCUT2D eigenvalue weighted by Crippen LogP contribution is 2.29. The number of rotatable bonds is 7. The zero-order valence-corrected chi connectivity index (χ0v) is 20.8. The summed E-state index contributed by atoms with van der Waals surface area (Å²) in [6, 6.07) is 16.7. The summed E-state index contributed by atoms with van der Waals surface area (Å²) in [5.41, 5.74) is 2.33. The Bertz CT molecular complexity index is 899. The average Bonchev–Trinajstić information content (AvgIpc) is 2.81. The third-order valence-corrected chi connectivity index (χ3v) is 7.62. The molecule has 2 aliphatic rings. The number of benzene rings is 2. The van der Waals surface area contributed by atoms with Crippen LogP contribution in [0.1, 0.15) is 31.7 Å². The molecule has 1 atom stereocenters. The van der Waals surface area contributed by atoms with Crippen LogP contribution in [0.15, 0.2) is 53.0 Å². The number of hydrogen-bond donors (Lipinski definition) is 0. The molecule has 172 valence electrons. The number of likely N-dealkylation sites (N-methyl/N-ethyl adjacent to an activating group) is 1. The van der Waals surface area contributed by atoms with E-state index in [1.807, 2.05) is 60.2 Å². The summed E-state index contributed by atoms with van der Waals surface area (Å²) in [7, 11) is 1.96. The molecule has 0 spiro atoms. The van der Waals surface area contributed by atoms with E-state index in [1.54, 1.807) is 0 Å². The molecule has 2 aromatic carbocycles. The van der Waals surface area contributed by atoms with Crippen molar-refractivity contribution in [1.82, 2.24) is 9.80 Å². The molecule has 2 heterocycles. The lowest BCUT2D eigenvalue weighted by Crippen LogP contribution is -2.56. The summed E-state index contributed by atoms with van der Waals surface area (Å²) in [6.07, 6.45) is 4.50. The van der Waals surface area contributed by atoms with Gasteiger partial charge in [-0.2, -0.15) is 0 Å². The smallest absolute Gasteiger partial charge is 0.324 e. The highest BCUT2D eigenvalue weighted by atomic mass is 79.9. The van der Waals surface area contributed by atoms with Crippen molar-refractivity contribution >= 4 is 27.6 Å². The number of amides is 2. The molecule has 0 bridgehead atoms. The van der Waals surface area contributed by atoms with Crippen LogP contribution < -0.4 is 9.64 Å². The predicted octanol–water partition coefficient (Wildman–Crippen LogP) is 5.43. The SMILES string of the molecule is CCOc1ccc(Br)c(CC2CCN(CC3CCN(c4ccccc4)C(=O)N3C)CC2)c1. The van der Waals surface area contributed by atoms with Crippen LogP contribution in [0.3, 0.4) is 0 Å². The first-order valence-corrected chi connectivity index (χ1v) is 12.6. The van der Waals surface area contributed by atoms with Gasteiger partial charge < -0.3 is 14.5 Å². The summed E-state index contributed by atoms with van der Waals surface area (Å²) in [5, 5.41) is 0. The number of carbonyl (C=O) groups is 1. The van der Waals surface area contributed by atoms with Gasteiger partial charge in [0.2, 0.25) is 0 Å². The summed E-state index contributed by atoms with van der Waals surface area (Å²) in [4.78, 5) is 19.4. The molecule has 6 heteroatoms. The second-order valence-electron chi connectivity index (χ2n) is 8.96. The van der Waals surface area contributed by atoms with E-state index in [9.17, 15) is 4.79 Å². The molecular weight excluding hydrogens is 466 g/mol. The molecule has 2 fully saturated rings. The standard InChI is InChI=1S/C26H34BrN3O2/c1-3-32-24-9-10-25(27)21(18-24)17-20-11-14-29(15-12-20)19-23-13-16-30(26(31)28(23)2)22-7-5-4-6-8-22/h4-10,18,20,23H,3,11-17,19H2,1-2H3. The van der Waals surface area contributed by atoms with Gasteiger partial charge in [-0.05, 0) is 87.5 Å². The lowest BCUT2D eigenvalue weighted by atomic mass is 9.90. The molecule has 2 aliphatic heterocycles. The molecule has 32 heavy (non-hydrogen) atoms. The van der Waals surface area contributed by atoms with E-state index < -0.39 is 0 Å². The number of likely N-dealkylation sites (tertiary alicyclic amines) is 1. The first kappa shape index (κ1) is 23.1. The normalized spacial score (nSPS) is 20.6. The second kappa shape index (κ2) is 10.7. The molecule has 1 unspecified atom stereocenters. The van der Waals surface area contributed by atoms with Gasteiger partial charge in [-0.1, -0.05) is 34.1 Å². The van der Waals surface area contributed by atoms with E-state index in [-0.39, 0.29) is 12.1 Å². The van der Waals surface area contributed by atoms with Crippen LogP contribution in [-0.4, -0.2) is 61.7 Å². The highest BCUT2D eigenvalue weighted by molar-refractivity contribution is 9.10. The molecule has 0 radical (unpaired) electrons. The van der Waals surface area contributed by atoms with Crippen molar-refractivity contribution in [2.45, 2.75) is 38.6 Å². The van der Waals surface area contributed by atoms with Crippen molar-refractivity contribution in [3.63, 3.8) is 0 Å². The number of halogens is 1. The van der Waals surface area contributed by atoms with Gasteiger partial charge in [0.05, 0.1) is 6.61 Å². The number of carbonyl (C=O) groups excluding carboxylic acids is 1. The van der Waals surface area contributed by atoms with E-state index in [1.165, 1.54) is 22.9 Å². The number of hydrogen-bond acceptors (Lipinski definition) is 3. The van der Waals surface area contributed by atoms with E-state index in [2.05, 4.69) is 33.0 Å². The lowest BCUT2D eigenvalue weighted by Gasteiger charge is -2.42. The number of nitrogens with zero attached hydrogens (tertiary/aromatic N) is 3. The maximum Gasteiger partial charge on any atom is 0.324 e. The zero-order valence-electron chi connectivity index (χ0n) is 19.2. The summed E-state index contributed by atoms with van der Waals surface area (Å²) < 4.78 is 6.86. The average molecular weight is 500 g/mol. The fourth-order valence-electron chi connectivity index (χ4n) is 4.92. The Morgan fingerprint density at radius 3 is 2.50 bits per heavy atom. The number of para-hydroxylation sites is 1.